The van der Waals surface area contributed by atoms with E-state index in [1.165, 1.54) is 29.7 Å². The fourth-order valence-corrected chi connectivity index (χ4v) is 6.82. The van der Waals surface area contributed by atoms with Crippen LogP contribution in [0.1, 0.15) is 23.9 Å². The molecule has 3 fully saturated rings. The number of carbonyl (C=O) groups excluding carboxylic acids is 1. The van der Waals surface area contributed by atoms with Gasteiger partial charge in [0.05, 0.1) is 36.5 Å². The van der Waals surface area contributed by atoms with Crippen molar-refractivity contribution in [3.63, 3.8) is 0 Å². The number of nitrogens with one attached hydrogen (secondary N) is 2. The summed E-state index contributed by atoms with van der Waals surface area (Å²) in [4.78, 5) is 28.0. The number of H-pyrrole nitrogens is 2. The molecule has 3 saturated heterocycles. The lowest BCUT2D eigenvalue weighted by molar-refractivity contribution is -0.752. The van der Waals surface area contributed by atoms with E-state index in [1.807, 2.05) is 34.9 Å². The number of fused-ring (bicyclic) bond motifs is 3. The predicted molar refractivity (Wildman–Crippen MR) is 147 cm³/mol. The van der Waals surface area contributed by atoms with Crippen LogP contribution in [0.3, 0.4) is 0 Å². The molecule has 0 bridgehead atoms. The summed E-state index contributed by atoms with van der Waals surface area (Å²) in [6.45, 7) is 8.00. The van der Waals surface area contributed by atoms with Gasteiger partial charge in [-0.3, -0.25) is 14.5 Å². The van der Waals surface area contributed by atoms with Gasteiger partial charge in [0.25, 0.3) is 0 Å². The van der Waals surface area contributed by atoms with Crippen LogP contribution >= 0.6 is 0 Å². The number of rotatable bonds is 4. The second-order valence-electron chi connectivity index (χ2n) is 11.8. The summed E-state index contributed by atoms with van der Waals surface area (Å²) < 4.78 is 15.3. The number of benzene rings is 2. The fraction of sp³-hybridized carbons (Fsp3) is 0.414. The summed E-state index contributed by atoms with van der Waals surface area (Å²) in [6.07, 6.45) is 1.10. The van der Waals surface area contributed by atoms with Gasteiger partial charge in [0.1, 0.15) is 18.8 Å². The molecule has 206 valence electrons. The van der Waals surface area contributed by atoms with Crippen LogP contribution in [0.4, 0.5) is 9.18 Å². The number of hydrogen-bond donors (Lipinski definition) is 3. The maximum absolute atomic E-state index is 14.2. The number of piperazine rings is 1. The Labute approximate surface area is 230 Å². The van der Waals surface area contributed by atoms with E-state index in [0.29, 0.717) is 37.2 Å². The number of aryl methyl sites for hydroxylation is 1. The molecule has 3 N–H and O–H groups in total. The van der Waals surface area contributed by atoms with Crippen LogP contribution in [-0.4, -0.2) is 102 Å². The van der Waals surface area contributed by atoms with Gasteiger partial charge in [0.15, 0.2) is 29.6 Å². The van der Waals surface area contributed by atoms with Crippen molar-refractivity contribution in [1.29, 1.82) is 0 Å². The molecule has 40 heavy (non-hydrogen) atoms. The Morgan fingerprint density at radius 2 is 2.00 bits per heavy atom. The highest BCUT2D eigenvalue weighted by Crippen LogP contribution is 2.51. The lowest BCUT2D eigenvalue weighted by Gasteiger charge is -2.40. The number of urea groups is 1. The first kappa shape index (κ1) is 23.9. The number of amides is 2. The average Bonchev–Trinajstić information content (AvgIpc) is 3.59. The number of halogens is 1. The minimum atomic E-state index is -0.638. The Kier molecular flexibility index (Phi) is 4.94. The molecule has 10 nitrogen and oxygen atoms in total. The number of likely N-dealkylation sites (N-methyl/N-ethyl adjacent to an activating group) is 1. The molecule has 4 aliphatic heterocycles. The molecule has 0 aliphatic carbocycles. The number of aromatic amines is 2. The molecule has 1 unspecified atom stereocenters. The number of carbonyl (C=O) groups is 1. The van der Waals surface area contributed by atoms with Gasteiger partial charge < -0.3 is 19.9 Å². The van der Waals surface area contributed by atoms with Gasteiger partial charge in [0, 0.05) is 18.5 Å². The summed E-state index contributed by atoms with van der Waals surface area (Å²) in [5.41, 5.74) is 5.82. The maximum Gasteiger partial charge on any atom is 0.321 e. The number of hydrogen-bond acceptors (Lipinski definition) is 5. The predicted octanol–water partition coefficient (Wildman–Crippen LogP) is 3.25. The van der Waals surface area contributed by atoms with Crippen molar-refractivity contribution < 1.29 is 18.8 Å². The van der Waals surface area contributed by atoms with E-state index in [-0.39, 0.29) is 11.8 Å². The first-order valence-corrected chi connectivity index (χ1v) is 14.0. The molecule has 0 radical (unpaired) electrons. The monoisotopic (exact) mass is 543 g/mol. The van der Waals surface area contributed by atoms with E-state index < -0.39 is 5.82 Å². The summed E-state index contributed by atoms with van der Waals surface area (Å²) in [6, 6.07) is 9.65. The van der Waals surface area contributed by atoms with Crippen molar-refractivity contribution in [3.8, 4) is 28.4 Å². The lowest BCUT2D eigenvalue weighted by Crippen LogP contribution is -2.60. The Balaban J connectivity index is 1.01. The number of aromatic nitrogens is 4. The molecule has 2 aromatic heterocycles. The van der Waals surface area contributed by atoms with Gasteiger partial charge >= 0.3 is 6.03 Å². The molecule has 2 amide bonds. The van der Waals surface area contributed by atoms with Crippen LogP contribution in [0.2, 0.25) is 0 Å². The summed E-state index contributed by atoms with van der Waals surface area (Å²) in [5.74, 6) is -0.301. The van der Waals surface area contributed by atoms with Crippen molar-refractivity contribution in [3.05, 3.63) is 53.1 Å². The third-order valence-corrected chi connectivity index (χ3v) is 9.52. The van der Waals surface area contributed by atoms with Gasteiger partial charge in [-0.2, -0.15) is 5.10 Å². The second kappa shape index (κ2) is 8.28. The third kappa shape index (κ3) is 3.50. The number of phenolic OH excluding ortho intramolecular Hbond substituents is 1. The normalized spacial score (nSPS) is 25.4. The standard InChI is InChI=1S/C29H31FN8O2/c1-3-16-9-25(39)21(30)10-20(16)17-4-5-19-22(8-17)33-34-27(19)28-31-23-11-37(12-24(23)32-28)29(40)36-7-6-35(2)26(13-36)38-14-18(38)15-38/h4-5,8-10,18,26H,3,6-7,11-15H2,1-2H3,(H2-,31,32,33,34,39)/p+1. The highest BCUT2D eigenvalue weighted by atomic mass is 19.1. The molecule has 4 aliphatic rings. The summed E-state index contributed by atoms with van der Waals surface area (Å²) in [5, 5.41) is 18.3. The average molecular weight is 544 g/mol. The molecule has 6 heterocycles. The molecule has 11 heteroatoms. The third-order valence-electron chi connectivity index (χ3n) is 9.52. The van der Waals surface area contributed by atoms with Crippen LogP contribution in [0, 0.1) is 5.82 Å². The SMILES string of the molecule is CCc1cc(O)c(F)cc1-c1ccc2c(-c3nc4c([nH]3)CN(C(=O)N3CCN(C)C([N+]56CC5C6)C3)C4)n[nH]c2c1. The number of phenols is 1. The second-order valence-corrected chi connectivity index (χ2v) is 11.8. The highest BCUT2D eigenvalue weighted by Gasteiger charge is 2.78. The van der Waals surface area contributed by atoms with Gasteiger partial charge in [0.2, 0.25) is 0 Å². The largest absolute Gasteiger partial charge is 0.505 e. The van der Waals surface area contributed by atoms with Crippen molar-refractivity contribution in [2.24, 2.45) is 0 Å². The van der Waals surface area contributed by atoms with Crippen LogP contribution < -0.4 is 0 Å². The molecule has 0 spiro atoms. The Morgan fingerprint density at radius 1 is 1.18 bits per heavy atom. The van der Waals surface area contributed by atoms with E-state index in [4.69, 9.17) is 4.98 Å². The number of imidazole rings is 1. The van der Waals surface area contributed by atoms with Crippen molar-refractivity contribution in [2.75, 3.05) is 39.8 Å². The molecule has 4 aromatic rings. The number of nitrogens with zero attached hydrogens (tertiary/aromatic N) is 6. The number of quaternary nitrogens is 1. The minimum Gasteiger partial charge on any atom is -0.505 e. The fourth-order valence-electron chi connectivity index (χ4n) is 6.82. The van der Waals surface area contributed by atoms with Crippen molar-refractivity contribution in [1.82, 2.24) is 34.9 Å². The van der Waals surface area contributed by atoms with E-state index in [9.17, 15) is 14.3 Å². The van der Waals surface area contributed by atoms with E-state index in [0.717, 1.165) is 64.7 Å². The van der Waals surface area contributed by atoms with Gasteiger partial charge in [-0.05, 0) is 54.4 Å². The van der Waals surface area contributed by atoms with Gasteiger partial charge in [-0.1, -0.05) is 13.0 Å². The Hall–Kier alpha value is -3.96. The number of aromatic hydroxyl groups is 1. The highest BCUT2D eigenvalue weighted by molar-refractivity contribution is 5.94. The molecular formula is C29H32FN8O2+. The van der Waals surface area contributed by atoms with Crippen LogP contribution in [-0.2, 0) is 19.5 Å². The van der Waals surface area contributed by atoms with Crippen LogP contribution in [0.25, 0.3) is 33.5 Å². The first-order valence-electron chi connectivity index (χ1n) is 14.0. The van der Waals surface area contributed by atoms with E-state index in [1.54, 1.807) is 0 Å². The van der Waals surface area contributed by atoms with Crippen LogP contribution in [0.15, 0.2) is 30.3 Å². The summed E-state index contributed by atoms with van der Waals surface area (Å²) >= 11 is 0. The van der Waals surface area contributed by atoms with Crippen molar-refractivity contribution in [2.45, 2.75) is 38.6 Å². The van der Waals surface area contributed by atoms with E-state index in [2.05, 4.69) is 27.1 Å². The van der Waals surface area contributed by atoms with E-state index >= 15 is 0 Å². The molecule has 0 saturated carbocycles. The van der Waals surface area contributed by atoms with Gasteiger partial charge in [-0.25, -0.2) is 14.2 Å². The zero-order chi connectivity index (χ0) is 27.3. The zero-order valence-corrected chi connectivity index (χ0v) is 22.6. The molecule has 1 atom stereocenters. The van der Waals surface area contributed by atoms with Crippen molar-refractivity contribution >= 4 is 16.9 Å². The Bertz CT molecular complexity index is 1670. The van der Waals surface area contributed by atoms with Gasteiger partial charge in [-0.15, -0.1) is 0 Å². The Morgan fingerprint density at radius 3 is 2.75 bits per heavy atom. The lowest BCUT2D eigenvalue weighted by atomic mass is 9.96. The first-order chi connectivity index (χ1) is 19.3. The summed E-state index contributed by atoms with van der Waals surface area (Å²) in [7, 11) is 2.19. The maximum atomic E-state index is 14.2. The molecular weight excluding hydrogens is 511 g/mol. The zero-order valence-electron chi connectivity index (χ0n) is 22.6. The quantitative estimate of drug-likeness (QED) is 0.271. The smallest absolute Gasteiger partial charge is 0.321 e. The van der Waals surface area contributed by atoms with Crippen LogP contribution in [0.5, 0.6) is 5.75 Å². The molecule has 2 aromatic carbocycles. The topological polar surface area (TPSA) is 104 Å². The molecule has 8 rings (SSSR count). The minimum absolute atomic E-state index is 0.0966.